The van der Waals surface area contributed by atoms with Crippen LogP contribution >= 0.6 is 0 Å². The molecule has 2 aliphatic heterocycles. The molecule has 3 heteroatoms. The fourth-order valence-corrected chi connectivity index (χ4v) is 1.99. The van der Waals surface area contributed by atoms with E-state index in [2.05, 4.69) is 25.7 Å². The molecular weight excluding hydrogens is 166 g/mol. The van der Waals surface area contributed by atoms with Gasteiger partial charge in [0.25, 0.3) is 0 Å². The molecule has 0 amide bonds. The molecule has 13 heavy (non-hydrogen) atoms. The molecule has 0 N–H and O–H groups in total. The summed E-state index contributed by atoms with van der Waals surface area (Å²) in [5.74, 6) is 0. The maximum atomic E-state index is 5.78. The lowest BCUT2D eigenvalue weighted by molar-refractivity contribution is -0.190. The second kappa shape index (κ2) is 3.23. The maximum absolute atomic E-state index is 5.78. The molecule has 0 unspecified atom stereocenters. The topological polar surface area (TPSA) is 21.7 Å². The minimum absolute atomic E-state index is 0.262. The average Bonchev–Trinajstić information content (AvgIpc) is 2.01. The van der Waals surface area contributed by atoms with Gasteiger partial charge in [0.2, 0.25) is 0 Å². The fourth-order valence-electron chi connectivity index (χ4n) is 1.99. The molecule has 2 atom stereocenters. The summed E-state index contributed by atoms with van der Waals surface area (Å²) < 4.78 is 11.2. The second-order valence-electron chi connectivity index (χ2n) is 4.99. The normalized spacial score (nSPS) is 36.2. The van der Waals surface area contributed by atoms with Gasteiger partial charge in [-0.1, -0.05) is 0 Å². The summed E-state index contributed by atoms with van der Waals surface area (Å²) in [6.45, 7) is 10.3. The number of hydrogen-bond donors (Lipinski definition) is 0. The quantitative estimate of drug-likeness (QED) is 0.559. The van der Waals surface area contributed by atoms with Crippen LogP contribution in [0.4, 0.5) is 0 Å². The first-order valence-electron chi connectivity index (χ1n) is 5.04. The van der Waals surface area contributed by atoms with Gasteiger partial charge in [0, 0.05) is 18.6 Å². The third kappa shape index (κ3) is 2.03. The van der Waals surface area contributed by atoms with Crippen molar-refractivity contribution in [3.05, 3.63) is 0 Å². The van der Waals surface area contributed by atoms with Crippen LogP contribution in [-0.4, -0.2) is 49.0 Å². The van der Waals surface area contributed by atoms with Crippen molar-refractivity contribution in [3.63, 3.8) is 0 Å². The molecule has 2 bridgehead atoms. The SMILES string of the molecule is CC(C)(C)N1C[C@H]2COC[C@@H](C1)O2. The zero-order valence-electron chi connectivity index (χ0n) is 8.75. The first kappa shape index (κ1) is 9.44. The van der Waals surface area contributed by atoms with Crippen molar-refractivity contribution in [2.24, 2.45) is 0 Å². The summed E-state index contributed by atoms with van der Waals surface area (Å²) in [6, 6.07) is 0. The largest absolute Gasteiger partial charge is 0.376 e. The number of ether oxygens (including phenoxy) is 2. The fraction of sp³-hybridized carbons (Fsp3) is 1.00. The van der Waals surface area contributed by atoms with Crippen molar-refractivity contribution in [3.8, 4) is 0 Å². The zero-order valence-corrected chi connectivity index (χ0v) is 8.75. The van der Waals surface area contributed by atoms with Crippen LogP contribution in [0.15, 0.2) is 0 Å². The van der Waals surface area contributed by atoms with Crippen molar-refractivity contribution in [1.82, 2.24) is 4.90 Å². The third-order valence-corrected chi connectivity index (χ3v) is 2.79. The van der Waals surface area contributed by atoms with E-state index in [0.29, 0.717) is 12.2 Å². The lowest BCUT2D eigenvalue weighted by atomic mass is 10.0. The molecule has 76 valence electrons. The Kier molecular flexibility index (Phi) is 2.34. The average molecular weight is 185 g/mol. The Morgan fingerprint density at radius 2 is 1.62 bits per heavy atom. The van der Waals surface area contributed by atoms with E-state index in [9.17, 15) is 0 Å². The van der Waals surface area contributed by atoms with E-state index in [0.717, 1.165) is 26.3 Å². The smallest absolute Gasteiger partial charge is 0.0940 e. The molecule has 0 aliphatic carbocycles. The molecule has 2 fully saturated rings. The van der Waals surface area contributed by atoms with Crippen LogP contribution in [0.25, 0.3) is 0 Å². The molecule has 2 saturated heterocycles. The number of rotatable bonds is 0. The molecule has 3 nitrogen and oxygen atoms in total. The highest BCUT2D eigenvalue weighted by Crippen LogP contribution is 2.23. The summed E-state index contributed by atoms with van der Waals surface area (Å²) in [4.78, 5) is 2.49. The molecular formula is C10H19NO2. The highest BCUT2D eigenvalue weighted by molar-refractivity contribution is 4.87. The van der Waals surface area contributed by atoms with Gasteiger partial charge in [0.15, 0.2) is 0 Å². The first-order valence-corrected chi connectivity index (χ1v) is 5.04. The van der Waals surface area contributed by atoms with Gasteiger partial charge in [-0.25, -0.2) is 0 Å². The summed E-state index contributed by atoms with van der Waals surface area (Å²) in [5, 5.41) is 0. The van der Waals surface area contributed by atoms with E-state index in [1.165, 1.54) is 0 Å². The molecule has 2 aliphatic rings. The monoisotopic (exact) mass is 185 g/mol. The van der Waals surface area contributed by atoms with Crippen LogP contribution in [0.2, 0.25) is 0 Å². The molecule has 0 aromatic rings. The van der Waals surface area contributed by atoms with Crippen LogP contribution in [0.3, 0.4) is 0 Å². The Balaban J connectivity index is 2.01. The van der Waals surface area contributed by atoms with Gasteiger partial charge in [0.05, 0.1) is 25.4 Å². The van der Waals surface area contributed by atoms with E-state index in [4.69, 9.17) is 9.47 Å². The standard InChI is InChI=1S/C10H19NO2/c1-10(2,3)11-4-8-6-12-7-9(5-11)13-8/h8-9H,4-7H2,1-3H3/t8-,9+. The first-order chi connectivity index (χ1) is 6.05. The van der Waals surface area contributed by atoms with Crippen molar-refractivity contribution in [2.45, 2.75) is 38.5 Å². The van der Waals surface area contributed by atoms with Crippen molar-refractivity contribution in [1.29, 1.82) is 0 Å². The number of fused-ring (bicyclic) bond motifs is 2. The van der Waals surface area contributed by atoms with Gasteiger partial charge >= 0.3 is 0 Å². The lowest BCUT2D eigenvalue weighted by Gasteiger charge is -2.46. The molecule has 2 rings (SSSR count). The Labute approximate surface area is 80.0 Å². The Bertz CT molecular complexity index is 176. The molecule has 0 aromatic carbocycles. The highest BCUT2D eigenvalue weighted by Gasteiger charge is 2.36. The Hall–Kier alpha value is -0.120. The zero-order chi connectivity index (χ0) is 9.47. The molecule has 2 heterocycles. The Morgan fingerprint density at radius 3 is 2.08 bits per heavy atom. The van der Waals surface area contributed by atoms with Crippen LogP contribution < -0.4 is 0 Å². The van der Waals surface area contributed by atoms with Gasteiger partial charge in [-0.2, -0.15) is 0 Å². The van der Waals surface area contributed by atoms with Gasteiger partial charge in [-0.3, -0.25) is 4.90 Å². The van der Waals surface area contributed by atoms with Crippen LogP contribution in [-0.2, 0) is 9.47 Å². The van der Waals surface area contributed by atoms with E-state index >= 15 is 0 Å². The van der Waals surface area contributed by atoms with Crippen molar-refractivity contribution >= 4 is 0 Å². The molecule has 0 saturated carbocycles. The van der Waals surface area contributed by atoms with E-state index in [1.807, 2.05) is 0 Å². The van der Waals surface area contributed by atoms with Gasteiger partial charge < -0.3 is 9.47 Å². The van der Waals surface area contributed by atoms with E-state index < -0.39 is 0 Å². The minimum atomic E-state index is 0.262. The summed E-state index contributed by atoms with van der Waals surface area (Å²) in [6.07, 6.45) is 0.596. The number of nitrogens with zero attached hydrogens (tertiary/aromatic N) is 1. The number of hydrogen-bond acceptors (Lipinski definition) is 3. The van der Waals surface area contributed by atoms with Crippen LogP contribution in [0.1, 0.15) is 20.8 Å². The van der Waals surface area contributed by atoms with Crippen molar-refractivity contribution in [2.75, 3.05) is 26.3 Å². The summed E-state index contributed by atoms with van der Waals surface area (Å²) in [7, 11) is 0. The summed E-state index contributed by atoms with van der Waals surface area (Å²) >= 11 is 0. The molecule has 0 aromatic heterocycles. The van der Waals surface area contributed by atoms with Crippen LogP contribution in [0, 0.1) is 0 Å². The van der Waals surface area contributed by atoms with Crippen LogP contribution in [0.5, 0.6) is 0 Å². The van der Waals surface area contributed by atoms with Gasteiger partial charge in [0.1, 0.15) is 0 Å². The van der Waals surface area contributed by atoms with E-state index in [1.54, 1.807) is 0 Å². The Morgan fingerprint density at radius 1 is 1.08 bits per heavy atom. The summed E-state index contributed by atoms with van der Waals surface area (Å²) in [5.41, 5.74) is 0.262. The highest BCUT2D eigenvalue weighted by atomic mass is 16.6. The minimum Gasteiger partial charge on any atom is -0.376 e. The predicted molar refractivity (Wildman–Crippen MR) is 50.8 cm³/mol. The predicted octanol–water partition coefficient (Wildman–Crippen LogP) is 0.884. The van der Waals surface area contributed by atoms with Crippen molar-refractivity contribution < 1.29 is 9.47 Å². The van der Waals surface area contributed by atoms with Gasteiger partial charge in [-0.15, -0.1) is 0 Å². The van der Waals surface area contributed by atoms with E-state index in [-0.39, 0.29) is 5.54 Å². The lowest BCUT2D eigenvalue weighted by Crippen LogP contribution is -2.59. The molecule has 0 spiro atoms. The second-order valence-corrected chi connectivity index (χ2v) is 4.99. The third-order valence-electron chi connectivity index (χ3n) is 2.79. The number of morpholine rings is 1. The maximum Gasteiger partial charge on any atom is 0.0940 e. The van der Waals surface area contributed by atoms with Gasteiger partial charge in [-0.05, 0) is 20.8 Å². The molecule has 0 radical (unpaired) electrons.